The maximum Gasteiger partial charge on any atom is 0.303 e. The van der Waals surface area contributed by atoms with E-state index in [1.165, 1.54) is 77.2 Å². The second kappa shape index (κ2) is 11.7. The molecule has 184 valence electrons. The molecular weight excluding hydrogens is 402 g/mol. The Balaban J connectivity index is 1.41. The molecule has 0 spiro atoms. The fourth-order valence-corrected chi connectivity index (χ4v) is 7.88. The van der Waals surface area contributed by atoms with Crippen LogP contribution < -0.4 is 0 Å². The molecule has 0 radical (unpaired) electrons. The van der Waals surface area contributed by atoms with Gasteiger partial charge in [0.25, 0.3) is 0 Å². The highest BCUT2D eigenvalue weighted by Gasteiger charge is 2.48. The number of carboxylic acid groups (broad SMARTS) is 1. The molecule has 0 aromatic carbocycles. The maximum atomic E-state index is 11.2. The van der Waals surface area contributed by atoms with Gasteiger partial charge in [0.05, 0.1) is 12.2 Å². The van der Waals surface area contributed by atoms with Gasteiger partial charge in [-0.1, -0.05) is 38.5 Å². The Bertz CT molecular complexity index is 592. The van der Waals surface area contributed by atoms with E-state index in [9.17, 15) is 9.90 Å². The number of carbonyl (C=O) groups is 1. The molecule has 1 heterocycles. The van der Waals surface area contributed by atoms with E-state index in [4.69, 9.17) is 9.47 Å². The number of hydrogen-bond acceptors (Lipinski definition) is 4. The van der Waals surface area contributed by atoms with Gasteiger partial charge in [-0.15, -0.1) is 0 Å². The van der Waals surface area contributed by atoms with Crippen LogP contribution in [0, 0.1) is 23.7 Å². The number of likely N-dealkylation sites (tertiary alicyclic amines) is 1. The summed E-state index contributed by atoms with van der Waals surface area (Å²) in [5.74, 6) is 2.51. The first kappa shape index (κ1) is 24.5. The van der Waals surface area contributed by atoms with Crippen LogP contribution in [0.15, 0.2) is 0 Å². The smallest absolute Gasteiger partial charge is 0.303 e. The Morgan fingerprint density at radius 2 is 1.62 bits per heavy atom. The summed E-state index contributed by atoms with van der Waals surface area (Å²) in [5, 5.41) is 9.18. The quantitative estimate of drug-likeness (QED) is 0.503. The Morgan fingerprint density at radius 3 is 2.34 bits per heavy atom. The van der Waals surface area contributed by atoms with E-state index in [1.807, 2.05) is 14.2 Å². The van der Waals surface area contributed by atoms with Gasteiger partial charge in [0, 0.05) is 39.3 Å². The Labute approximate surface area is 195 Å². The fraction of sp³-hybridized carbons (Fsp3) is 0.963. The van der Waals surface area contributed by atoms with Crippen molar-refractivity contribution in [3.05, 3.63) is 0 Å². The normalized spacial score (nSPS) is 39.1. The summed E-state index contributed by atoms with van der Waals surface area (Å²) >= 11 is 0. The zero-order valence-corrected chi connectivity index (χ0v) is 20.6. The minimum absolute atomic E-state index is 0.213. The highest BCUT2D eigenvalue weighted by molar-refractivity contribution is 5.66. The van der Waals surface area contributed by atoms with Crippen molar-refractivity contribution in [2.24, 2.45) is 23.7 Å². The lowest BCUT2D eigenvalue weighted by Gasteiger charge is -2.43. The molecule has 0 aromatic rings. The van der Waals surface area contributed by atoms with Crippen LogP contribution in [0.25, 0.3) is 0 Å². The first-order valence-electron chi connectivity index (χ1n) is 13.6. The number of fused-ring (bicyclic) bond motifs is 1. The standard InChI is InChI=1S/C27H47NO4/c1-31-25-14-12-22(17-26(25)32-2)28-18-21(11-8-19-6-4-3-5-7-19)23-16-20(9-13-24(23)28)10-15-27(29)30/h19-26H,3-18H2,1-2H3,(H,29,30). The summed E-state index contributed by atoms with van der Waals surface area (Å²) in [4.78, 5) is 14.0. The number of methoxy groups -OCH3 is 2. The number of ether oxygens (including phenoxy) is 2. The van der Waals surface area contributed by atoms with Crippen LogP contribution in [0.5, 0.6) is 0 Å². The van der Waals surface area contributed by atoms with Gasteiger partial charge in [-0.25, -0.2) is 0 Å². The Hall–Kier alpha value is -0.650. The van der Waals surface area contributed by atoms with Crippen LogP contribution in [0.1, 0.15) is 96.3 Å². The van der Waals surface area contributed by atoms with Gasteiger partial charge < -0.3 is 14.6 Å². The third kappa shape index (κ3) is 5.88. The van der Waals surface area contributed by atoms with E-state index in [-0.39, 0.29) is 12.2 Å². The largest absolute Gasteiger partial charge is 0.481 e. The molecule has 1 saturated heterocycles. The highest BCUT2D eigenvalue weighted by Crippen LogP contribution is 2.48. The first-order chi connectivity index (χ1) is 15.6. The van der Waals surface area contributed by atoms with Crippen LogP contribution in [0.2, 0.25) is 0 Å². The summed E-state index contributed by atoms with van der Waals surface area (Å²) < 4.78 is 11.5. The summed E-state index contributed by atoms with van der Waals surface area (Å²) in [5.41, 5.74) is 0. The molecule has 1 N–H and O–H groups in total. The average molecular weight is 450 g/mol. The van der Waals surface area contributed by atoms with E-state index in [1.54, 1.807) is 0 Å². The van der Waals surface area contributed by atoms with Gasteiger partial charge in [0.2, 0.25) is 0 Å². The number of hydrogen-bond donors (Lipinski definition) is 1. The maximum absolute atomic E-state index is 11.2. The monoisotopic (exact) mass is 449 g/mol. The molecular formula is C27H47NO4. The lowest BCUT2D eigenvalue weighted by Crippen LogP contribution is -2.49. The molecule has 7 unspecified atom stereocenters. The van der Waals surface area contributed by atoms with Crippen molar-refractivity contribution >= 4 is 5.97 Å². The lowest BCUT2D eigenvalue weighted by atomic mass is 9.71. The SMILES string of the molecule is COC1CCC(N2CC(CCC3CCCCC3)C3CC(CCC(=O)O)CCC32)CC1OC. The minimum Gasteiger partial charge on any atom is -0.481 e. The molecule has 4 rings (SSSR count). The van der Waals surface area contributed by atoms with Gasteiger partial charge in [-0.2, -0.15) is 0 Å². The van der Waals surface area contributed by atoms with Crippen molar-refractivity contribution < 1.29 is 19.4 Å². The van der Waals surface area contributed by atoms with Gasteiger partial charge in [0.15, 0.2) is 0 Å². The van der Waals surface area contributed by atoms with Crippen LogP contribution in [0.4, 0.5) is 0 Å². The number of nitrogens with zero attached hydrogens (tertiary/aromatic N) is 1. The molecule has 32 heavy (non-hydrogen) atoms. The molecule has 7 atom stereocenters. The van der Waals surface area contributed by atoms with Crippen LogP contribution in [-0.2, 0) is 14.3 Å². The van der Waals surface area contributed by atoms with Crippen molar-refractivity contribution in [2.45, 2.75) is 121 Å². The summed E-state index contributed by atoms with van der Waals surface area (Å²) in [6, 6.07) is 1.32. The molecule has 0 amide bonds. The zero-order chi connectivity index (χ0) is 22.5. The van der Waals surface area contributed by atoms with Gasteiger partial charge in [-0.3, -0.25) is 9.69 Å². The Kier molecular flexibility index (Phi) is 8.92. The predicted octanol–water partition coefficient (Wildman–Crippen LogP) is 5.51. The van der Waals surface area contributed by atoms with E-state index < -0.39 is 5.97 Å². The molecule has 3 aliphatic carbocycles. The van der Waals surface area contributed by atoms with E-state index in [0.29, 0.717) is 24.4 Å². The molecule has 0 aromatic heterocycles. The van der Waals surface area contributed by atoms with E-state index >= 15 is 0 Å². The van der Waals surface area contributed by atoms with Gasteiger partial charge in [-0.05, 0) is 75.0 Å². The van der Waals surface area contributed by atoms with Crippen molar-refractivity contribution in [3.8, 4) is 0 Å². The molecule has 1 aliphatic heterocycles. The van der Waals surface area contributed by atoms with E-state index in [2.05, 4.69) is 4.90 Å². The molecule has 5 nitrogen and oxygen atoms in total. The summed E-state index contributed by atoms with van der Waals surface area (Å²) in [6.45, 7) is 1.26. The Morgan fingerprint density at radius 1 is 0.844 bits per heavy atom. The van der Waals surface area contributed by atoms with Crippen LogP contribution >= 0.6 is 0 Å². The van der Waals surface area contributed by atoms with Gasteiger partial charge in [0.1, 0.15) is 0 Å². The molecule has 4 fully saturated rings. The van der Waals surface area contributed by atoms with Crippen LogP contribution in [0.3, 0.4) is 0 Å². The minimum atomic E-state index is -0.630. The molecule has 5 heteroatoms. The molecule has 0 bridgehead atoms. The van der Waals surface area contributed by atoms with Crippen molar-refractivity contribution in [3.63, 3.8) is 0 Å². The second-order valence-corrected chi connectivity index (χ2v) is 11.4. The molecule has 3 saturated carbocycles. The van der Waals surface area contributed by atoms with Gasteiger partial charge >= 0.3 is 5.97 Å². The van der Waals surface area contributed by atoms with Crippen molar-refractivity contribution in [1.29, 1.82) is 0 Å². The third-order valence-corrected chi connectivity index (χ3v) is 9.66. The van der Waals surface area contributed by atoms with Crippen molar-refractivity contribution in [1.82, 2.24) is 4.90 Å². The number of rotatable bonds is 9. The van der Waals surface area contributed by atoms with Crippen LogP contribution in [-0.4, -0.2) is 61.0 Å². The number of aliphatic carboxylic acids is 1. The second-order valence-electron chi connectivity index (χ2n) is 11.4. The average Bonchev–Trinajstić information content (AvgIpc) is 3.19. The van der Waals surface area contributed by atoms with E-state index in [0.717, 1.165) is 37.0 Å². The highest BCUT2D eigenvalue weighted by atomic mass is 16.5. The summed E-state index contributed by atoms with van der Waals surface area (Å²) in [6.07, 6.45) is 18.8. The number of carboxylic acids is 1. The lowest BCUT2D eigenvalue weighted by molar-refractivity contribution is -0.137. The topological polar surface area (TPSA) is 59.0 Å². The first-order valence-corrected chi connectivity index (χ1v) is 13.6. The van der Waals surface area contributed by atoms with Crippen molar-refractivity contribution in [2.75, 3.05) is 20.8 Å². The fourth-order valence-electron chi connectivity index (χ4n) is 7.88. The predicted molar refractivity (Wildman–Crippen MR) is 127 cm³/mol. The third-order valence-electron chi connectivity index (χ3n) is 9.66. The molecule has 4 aliphatic rings. The summed E-state index contributed by atoms with van der Waals surface area (Å²) in [7, 11) is 3.66. The zero-order valence-electron chi connectivity index (χ0n) is 20.6.